The van der Waals surface area contributed by atoms with Crippen molar-refractivity contribution in [2.75, 3.05) is 5.32 Å². The van der Waals surface area contributed by atoms with Crippen molar-refractivity contribution in [1.82, 2.24) is 10.3 Å². The number of rotatable bonds is 4. The normalized spacial score (nSPS) is 10.3. The zero-order valence-electron chi connectivity index (χ0n) is 12.1. The van der Waals surface area contributed by atoms with Crippen LogP contribution < -0.4 is 10.6 Å². The average molecular weight is 311 g/mol. The minimum Gasteiger partial charge on any atom is -0.439 e. The number of halogens is 1. The number of benzene rings is 2. The van der Waals surface area contributed by atoms with Gasteiger partial charge in [0.2, 0.25) is 5.89 Å². The first kappa shape index (κ1) is 14.8. The van der Waals surface area contributed by atoms with Crippen LogP contribution in [0.1, 0.15) is 5.89 Å². The van der Waals surface area contributed by atoms with Gasteiger partial charge in [-0.1, -0.05) is 36.4 Å². The summed E-state index contributed by atoms with van der Waals surface area (Å²) in [5.41, 5.74) is 1.29. The number of amides is 2. The lowest BCUT2D eigenvalue weighted by Gasteiger charge is -2.05. The summed E-state index contributed by atoms with van der Waals surface area (Å²) < 4.78 is 18.6. The third kappa shape index (κ3) is 3.94. The number of oxazole rings is 1. The maximum absolute atomic E-state index is 13.0. The van der Waals surface area contributed by atoms with Crippen molar-refractivity contribution in [3.05, 3.63) is 72.5 Å². The molecule has 0 atom stereocenters. The summed E-state index contributed by atoms with van der Waals surface area (Å²) in [7, 11) is 0. The topological polar surface area (TPSA) is 67.2 Å². The van der Waals surface area contributed by atoms with Crippen molar-refractivity contribution >= 4 is 11.7 Å². The minimum atomic E-state index is -0.463. The molecule has 2 amide bonds. The fourth-order valence-corrected chi connectivity index (χ4v) is 2.03. The molecule has 6 heteroatoms. The van der Waals surface area contributed by atoms with Crippen molar-refractivity contribution in [3.63, 3.8) is 0 Å². The van der Waals surface area contributed by atoms with Crippen LogP contribution in [0.3, 0.4) is 0 Å². The number of nitrogens with zero attached hydrogens (tertiary/aromatic N) is 1. The van der Waals surface area contributed by atoms with E-state index in [2.05, 4.69) is 15.6 Å². The second-order valence-electron chi connectivity index (χ2n) is 4.80. The van der Waals surface area contributed by atoms with Crippen LogP contribution >= 0.6 is 0 Å². The molecule has 0 saturated carbocycles. The number of anilines is 1. The Kier molecular flexibility index (Phi) is 4.33. The first-order valence-corrected chi connectivity index (χ1v) is 7.01. The van der Waals surface area contributed by atoms with Gasteiger partial charge < -0.3 is 15.1 Å². The molecule has 0 unspecified atom stereocenters. The number of hydrogen-bond acceptors (Lipinski definition) is 3. The van der Waals surface area contributed by atoms with Crippen LogP contribution in [-0.2, 0) is 6.54 Å². The zero-order valence-corrected chi connectivity index (χ0v) is 12.1. The Labute approximate surface area is 132 Å². The Morgan fingerprint density at radius 3 is 2.74 bits per heavy atom. The number of hydrogen-bond donors (Lipinski definition) is 2. The van der Waals surface area contributed by atoms with Crippen molar-refractivity contribution in [1.29, 1.82) is 0 Å². The molecular formula is C17H14FN3O2. The molecule has 0 saturated heterocycles. The van der Waals surface area contributed by atoms with E-state index in [0.717, 1.165) is 5.56 Å². The van der Waals surface area contributed by atoms with Crippen LogP contribution in [0.25, 0.3) is 11.3 Å². The molecule has 116 valence electrons. The molecule has 2 N–H and O–H groups in total. The lowest BCUT2D eigenvalue weighted by Crippen LogP contribution is -2.28. The second kappa shape index (κ2) is 6.74. The molecule has 23 heavy (non-hydrogen) atoms. The van der Waals surface area contributed by atoms with E-state index in [1.165, 1.54) is 18.2 Å². The van der Waals surface area contributed by atoms with Gasteiger partial charge in [0.1, 0.15) is 5.82 Å². The monoisotopic (exact) mass is 311 g/mol. The number of urea groups is 1. The molecule has 0 radical (unpaired) electrons. The Morgan fingerprint density at radius 2 is 1.96 bits per heavy atom. The first-order valence-electron chi connectivity index (χ1n) is 7.01. The van der Waals surface area contributed by atoms with Crippen molar-refractivity contribution in [3.8, 4) is 11.3 Å². The molecular weight excluding hydrogens is 297 g/mol. The summed E-state index contributed by atoms with van der Waals surface area (Å²) >= 11 is 0. The van der Waals surface area contributed by atoms with E-state index in [1.54, 1.807) is 12.3 Å². The Morgan fingerprint density at radius 1 is 1.13 bits per heavy atom. The van der Waals surface area contributed by atoms with Crippen LogP contribution in [0.4, 0.5) is 14.9 Å². The molecule has 0 bridgehead atoms. The lowest BCUT2D eigenvalue weighted by molar-refractivity contribution is 0.250. The molecule has 0 fully saturated rings. The molecule has 0 aliphatic rings. The highest BCUT2D eigenvalue weighted by Gasteiger charge is 2.08. The number of nitrogens with one attached hydrogen (secondary N) is 2. The van der Waals surface area contributed by atoms with Gasteiger partial charge in [-0.25, -0.2) is 14.2 Å². The largest absolute Gasteiger partial charge is 0.439 e. The van der Waals surface area contributed by atoms with E-state index in [9.17, 15) is 9.18 Å². The van der Waals surface area contributed by atoms with Crippen LogP contribution in [0, 0.1) is 5.82 Å². The molecule has 1 aromatic heterocycles. The van der Waals surface area contributed by atoms with Gasteiger partial charge in [0.15, 0.2) is 5.76 Å². The van der Waals surface area contributed by atoms with E-state index < -0.39 is 11.8 Å². The summed E-state index contributed by atoms with van der Waals surface area (Å²) in [4.78, 5) is 15.9. The highest BCUT2D eigenvalue weighted by atomic mass is 19.1. The Balaban J connectivity index is 1.56. The molecule has 5 nitrogen and oxygen atoms in total. The van der Waals surface area contributed by atoms with E-state index in [0.29, 0.717) is 17.3 Å². The van der Waals surface area contributed by atoms with Crippen LogP contribution in [0.2, 0.25) is 0 Å². The maximum Gasteiger partial charge on any atom is 0.319 e. The second-order valence-corrected chi connectivity index (χ2v) is 4.80. The molecule has 0 aliphatic heterocycles. The van der Waals surface area contributed by atoms with Gasteiger partial charge in [0.05, 0.1) is 12.7 Å². The van der Waals surface area contributed by atoms with E-state index in [1.807, 2.05) is 30.3 Å². The molecule has 0 spiro atoms. The summed E-state index contributed by atoms with van der Waals surface area (Å²) in [6, 6.07) is 14.7. The smallest absolute Gasteiger partial charge is 0.319 e. The van der Waals surface area contributed by atoms with E-state index in [4.69, 9.17) is 4.42 Å². The summed E-state index contributed by atoms with van der Waals surface area (Å²) in [6.45, 7) is 0.133. The summed E-state index contributed by atoms with van der Waals surface area (Å²) in [5, 5.41) is 5.13. The fraction of sp³-hybridized carbons (Fsp3) is 0.0588. The lowest BCUT2D eigenvalue weighted by atomic mass is 10.2. The van der Waals surface area contributed by atoms with Gasteiger partial charge in [-0.15, -0.1) is 0 Å². The maximum atomic E-state index is 13.0. The first-order chi connectivity index (χ1) is 11.2. The standard InChI is InChI=1S/C17H14FN3O2/c18-13-7-4-8-14(9-13)21-17(22)20-11-16-19-10-15(23-16)12-5-2-1-3-6-12/h1-10H,11H2,(H2,20,21,22). The third-order valence-electron chi connectivity index (χ3n) is 3.09. The summed E-state index contributed by atoms with van der Waals surface area (Å²) in [5.74, 6) is 0.606. The van der Waals surface area contributed by atoms with Gasteiger partial charge in [-0.3, -0.25) is 0 Å². The molecule has 3 rings (SSSR count). The minimum absolute atomic E-state index is 0.133. The predicted molar refractivity (Wildman–Crippen MR) is 84.2 cm³/mol. The number of carbonyl (C=O) groups excluding carboxylic acids is 1. The predicted octanol–water partition coefficient (Wildman–Crippen LogP) is 3.80. The van der Waals surface area contributed by atoms with Gasteiger partial charge >= 0.3 is 6.03 Å². The average Bonchev–Trinajstić information content (AvgIpc) is 3.03. The molecule has 0 aliphatic carbocycles. The van der Waals surface area contributed by atoms with Crippen molar-refractivity contribution in [2.45, 2.75) is 6.54 Å². The molecule has 3 aromatic rings. The molecule has 1 heterocycles. The van der Waals surface area contributed by atoms with Gasteiger partial charge in [0, 0.05) is 11.3 Å². The zero-order chi connectivity index (χ0) is 16.1. The number of carbonyl (C=O) groups is 1. The number of aromatic nitrogens is 1. The Bertz CT molecular complexity index is 802. The van der Waals surface area contributed by atoms with Crippen molar-refractivity contribution < 1.29 is 13.6 Å². The summed E-state index contributed by atoms with van der Waals surface area (Å²) in [6.07, 6.45) is 1.61. The molecule has 2 aromatic carbocycles. The Hall–Kier alpha value is -3.15. The van der Waals surface area contributed by atoms with Gasteiger partial charge in [-0.2, -0.15) is 0 Å². The van der Waals surface area contributed by atoms with Crippen molar-refractivity contribution in [2.24, 2.45) is 0 Å². The quantitative estimate of drug-likeness (QED) is 0.770. The SMILES string of the molecule is O=C(NCc1ncc(-c2ccccc2)o1)Nc1cccc(F)c1. The van der Waals surface area contributed by atoms with Gasteiger partial charge in [0.25, 0.3) is 0 Å². The van der Waals surface area contributed by atoms with Crippen LogP contribution in [0.5, 0.6) is 0 Å². The van der Waals surface area contributed by atoms with E-state index >= 15 is 0 Å². The highest BCUT2D eigenvalue weighted by Crippen LogP contribution is 2.19. The van der Waals surface area contributed by atoms with Crippen LogP contribution in [-0.4, -0.2) is 11.0 Å². The fourth-order valence-electron chi connectivity index (χ4n) is 2.03. The van der Waals surface area contributed by atoms with Gasteiger partial charge in [-0.05, 0) is 18.2 Å². The van der Waals surface area contributed by atoms with E-state index in [-0.39, 0.29) is 6.54 Å². The third-order valence-corrected chi connectivity index (χ3v) is 3.09. The van der Waals surface area contributed by atoms with Crippen LogP contribution in [0.15, 0.2) is 65.2 Å². The highest BCUT2D eigenvalue weighted by molar-refractivity contribution is 5.89.